The zero-order chi connectivity index (χ0) is 12.8. The number of amides is 1. The van der Waals surface area contributed by atoms with Crippen LogP contribution in [0.3, 0.4) is 0 Å². The first-order valence-electron chi connectivity index (χ1n) is 6.62. The molecule has 1 amide bonds. The first-order valence-corrected chi connectivity index (χ1v) is 6.62. The van der Waals surface area contributed by atoms with E-state index in [0.29, 0.717) is 6.04 Å². The van der Waals surface area contributed by atoms with Crippen LogP contribution in [0.1, 0.15) is 33.6 Å². The summed E-state index contributed by atoms with van der Waals surface area (Å²) < 4.78 is 0. The fraction of sp³-hybridized carbons (Fsp3) is 0.917. The van der Waals surface area contributed by atoms with E-state index in [1.807, 2.05) is 6.92 Å². The van der Waals surface area contributed by atoms with Crippen LogP contribution in [0.5, 0.6) is 0 Å². The van der Waals surface area contributed by atoms with E-state index in [1.165, 1.54) is 6.42 Å². The molecule has 5 heteroatoms. The Balaban J connectivity index is 2.47. The molecule has 2 atom stereocenters. The van der Waals surface area contributed by atoms with Gasteiger partial charge in [0.25, 0.3) is 5.91 Å². The van der Waals surface area contributed by atoms with Crippen LogP contribution in [0.4, 0.5) is 0 Å². The number of nitrogens with one attached hydrogen (secondary N) is 1. The van der Waals surface area contributed by atoms with Gasteiger partial charge in [0.1, 0.15) is 0 Å². The van der Waals surface area contributed by atoms with E-state index >= 15 is 0 Å². The fourth-order valence-electron chi connectivity index (χ4n) is 2.45. The quantitative estimate of drug-likeness (QED) is 0.410. The number of nitrogens with zero attached hydrogens (tertiary/aromatic N) is 2. The van der Waals surface area contributed by atoms with Gasteiger partial charge in [0.05, 0.1) is 6.04 Å². The summed E-state index contributed by atoms with van der Waals surface area (Å²) in [5, 5.41) is 0. The van der Waals surface area contributed by atoms with Crippen molar-refractivity contribution in [1.29, 1.82) is 0 Å². The summed E-state index contributed by atoms with van der Waals surface area (Å²) >= 11 is 0. The molecule has 0 saturated carbocycles. The second-order valence-corrected chi connectivity index (χ2v) is 4.76. The van der Waals surface area contributed by atoms with Gasteiger partial charge in [-0.15, -0.1) is 0 Å². The average Bonchev–Trinajstić information content (AvgIpc) is 2.39. The molecule has 1 aliphatic heterocycles. The third-order valence-corrected chi connectivity index (χ3v) is 3.84. The Morgan fingerprint density at radius 1 is 1.18 bits per heavy atom. The molecule has 5 nitrogen and oxygen atoms in total. The molecule has 100 valence electrons. The minimum Gasteiger partial charge on any atom is -0.298 e. The van der Waals surface area contributed by atoms with Crippen LogP contribution in [0.25, 0.3) is 0 Å². The maximum absolute atomic E-state index is 11.6. The Kier molecular flexibility index (Phi) is 5.88. The molecule has 0 spiro atoms. The van der Waals surface area contributed by atoms with Gasteiger partial charge in [-0.25, -0.2) is 5.84 Å². The van der Waals surface area contributed by atoms with Gasteiger partial charge >= 0.3 is 0 Å². The molecule has 0 aliphatic carbocycles. The molecule has 1 fully saturated rings. The van der Waals surface area contributed by atoms with Gasteiger partial charge in [0, 0.05) is 32.2 Å². The third-order valence-electron chi connectivity index (χ3n) is 3.84. The minimum absolute atomic E-state index is 0.0653. The summed E-state index contributed by atoms with van der Waals surface area (Å²) in [5.41, 5.74) is 2.26. The minimum atomic E-state index is -0.0703. The first-order chi connectivity index (χ1) is 8.13. The highest BCUT2D eigenvalue weighted by Crippen LogP contribution is 2.12. The van der Waals surface area contributed by atoms with Crippen molar-refractivity contribution in [3.63, 3.8) is 0 Å². The van der Waals surface area contributed by atoms with E-state index in [9.17, 15) is 4.79 Å². The van der Waals surface area contributed by atoms with E-state index in [2.05, 4.69) is 29.1 Å². The topological polar surface area (TPSA) is 61.6 Å². The number of nitrogens with two attached hydrogens (primary N) is 1. The normalized spacial score (nSPS) is 22.1. The molecule has 0 aromatic rings. The summed E-state index contributed by atoms with van der Waals surface area (Å²) in [6.45, 7) is 10.5. The SMILES string of the molecule is CCC(C)N1CCN(C(CC)C(=O)NN)CC1. The number of piperazine rings is 1. The van der Waals surface area contributed by atoms with E-state index in [0.717, 1.165) is 32.6 Å². The van der Waals surface area contributed by atoms with E-state index in [4.69, 9.17) is 5.84 Å². The molecule has 3 N–H and O–H groups in total. The molecular weight excluding hydrogens is 216 g/mol. The van der Waals surface area contributed by atoms with Crippen molar-refractivity contribution in [2.75, 3.05) is 26.2 Å². The van der Waals surface area contributed by atoms with Crippen molar-refractivity contribution in [2.24, 2.45) is 5.84 Å². The van der Waals surface area contributed by atoms with Crippen LogP contribution >= 0.6 is 0 Å². The van der Waals surface area contributed by atoms with Gasteiger partial charge in [-0.2, -0.15) is 0 Å². The van der Waals surface area contributed by atoms with Gasteiger partial charge in [-0.1, -0.05) is 13.8 Å². The van der Waals surface area contributed by atoms with E-state index in [1.54, 1.807) is 0 Å². The Morgan fingerprint density at radius 2 is 1.71 bits per heavy atom. The molecular formula is C12H26N4O. The second-order valence-electron chi connectivity index (χ2n) is 4.76. The number of hydrogen-bond donors (Lipinski definition) is 2. The highest BCUT2D eigenvalue weighted by molar-refractivity contribution is 5.81. The molecule has 1 saturated heterocycles. The second kappa shape index (κ2) is 6.93. The summed E-state index contributed by atoms with van der Waals surface area (Å²) in [6.07, 6.45) is 1.99. The molecule has 0 radical (unpaired) electrons. The lowest BCUT2D eigenvalue weighted by molar-refractivity contribution is -0.127. The lowest BCUT2D eigenvalue weighted by atomic mass is 10.1. The predicted molar refractivity (Wildman–Crippen MR) is 69.3 cm³/mol. The van der Waals surface area contributed by atoms with E-state index < -0.39 is 0 Å². The molecule has 1 rings (SSSR count). The monoisotopic (exact) mass is 242 g/mol. The van der Waals surface area contributed by atoms with Gasteiger partial charge < -0.3 is 0 Å². The number of hydrazine groups is 1. The summed E-state index contributed by atoms with van der Waals surface area (Å²) in [6, 6.07) is 0.569. The third kappa shape index (κ3) is 3.66. The Labute approximate surface area is 104 Å². The highest BCUT2D eigenvalue weighted by Gasteiger charge is 2.28. The number of carbonyl (C=O) groups excluding carboxylic acids is 1. The van der Waals surface area contributed by atoms with Crippen molar-refractivity contribution in [3.8, 4) is 0 Å². The summed E-state index contributed by atoms with van der Waals surface area (Å²) in [5.74, 6) is 5.15. The zero-order valence-electron chi connectivity index (χ0n) is 11.3. The molecule has 0 aromatic carbocycles. The predicted octanol–water partition coefficient (Wildman–Crippen LogP) is 0.171. The van der Waals surface area contributed by atoms with Gasteiger partial charge in [-0.3, -0.25) is 20.0 Å². The van der Waals surface area contributed by atoms with Gasteiger partial charge in [-0.05, 0) is 19.8 Å². The van der Waals surface area contributed by atoms with Crippen LogP contribution in [0.2, 0.25) is 0 Å². The van der Waals surface area contributed by atoms with Crippen LogP contribution < -0.4 is 11.3 Å². The smallest absolute Gasteiger partial charge is 0.251 e. The molecule has 0 aromatic heterocycles. The van der Waals surface area contributed by atoms with Crippen LogP contribution in [-0.4, -0.2) is 54.0 Å². The average molecular weight is 242 g/mol. The van der Waals surface area contributed by atoms with Crippen LogP contribution in [0.15, 0.2) is 0 Å². The number of carbonyl (C=O) groups is 1. The maximum Gasteiger partial charge on any atom is 0.251 e. The van der Waals surface area contributed by atoms with Gasteiger partial charge in [0.2, 0.25) is 0 Å². The van der Waals surface area contributed by atoms with E-state index in [-0.39, 0.29) is 11.9 Å². The summed E-state index contributed by atoms with van der Waals surface area (Å²) in [7, 11) is 0. The zero-order valence-corrected chi connectivity index (χ0v) is 11.3. The molecule has 17 heavy (non-hydrogen) atoms. The van der Waals surface area contributed by atoms with Crippen molar-refractivity contribution >= 4 is 5.91 Å². The first kappa shape index (κ1) is 14.4. The van der Waals surface area contributed by atoms with Crippen molar-refractivity contribution in [3.05, 3.63) is 0 Å². The molecule has 1 aliphatic rings. The van der Waals surface area contributed by atoms with Crippen molar-refractivity contribution < 1.29 is 4.79 Å². The van der Waals surface area contributed by atoms with Crippen LogP contribution in [0, 0.1) is 0 Å². The Hall–Kier alpha value is -0.650. The molecule has 1 heterocycles. The van der Waals surface area contributed by atoms with Gasteiger partial charge in [0.15, 0.2) is 0 Å². The Morgan fingerprint density at radius 3 is 2.12 bits per heavy atom. The van der Waals surface area contributed by atoms with Crippen LogP contribution in [-0.2, 0) is 4.79 Å². The largest absolute Gasteiger partial charge is 0.298 e. The fourth-order valence-corrected chi connectivity index (χ4v) is 2.45. The lowest BCUT2D eigenvalue weighted by Gasteiger charge is -2.40. The standard InChI is InChI=1S/C12H26N4O/c1-4-10(3)15-6-8-16(9-7-15)11(5-2)12(17)14-13/h10-11H,4-9,13H2,1-3H3,(H,14,17). The highest BCUT2D eigenvalue weighted by atomic mass is 16.2. The lowest BCUT2D eigenvalue weighted by Crippen LogP contribution is -2.56. The molecule has 0 bridgehead atoms. The maximum atomic E-state index is 11.6. The number of rotatable bonds is 5. The number of hydrogen-bond acceptors (Lipinski definition) is 4. The van der Waals surface area contributed by atoms with Crippen molar-refractivity contribution in [1.82, 2.24) is 15.2 Å². The van der Waals surface area contributed by atoms with Crippen molar-refractivity contribution in [2.45, 2.75) is 45.7 Å². The summed E-state index contributed by atoms with van der Waals surface area (Å²) in [4.78, 5) is 16.3. The molecule has 2 unspecified atom stereocenters. The Bertz CT molecular complexity index is 239.